The summed E-state index contributed by atoms with van der Waals surface area (Å²) < 4.78 is 35.7. The van der Waals surface area contributed by atoms with Gasteiger partial charge in [0.2, 0.25) is 0 Å². The summed E-state index contributed by atoms with van der Waals surface area (Å²) >= 11 is 0. The molecule has 1 saturated heterocycles. The molecule has 0 aliphatic carbocycles. The number of aryl methyl sites for hydroxylation is 1. The van der Waals surface area contributed by atoms with Crippen LogP contribution < -0.4 is 15.6 Å². The molecule has 5 aromatic rings. The second-order valence-electron chi connectivity index (χ2n) is 10.8. The standard InChI is InChI=1S/C32H31F2N5O4/c1-37-9-11-39(12-10-37)17-22-15-24-25(18-38(2)32(42)31(24)36-22)23-14-20(35-21-4-6-27(40)28(41)16-21)5-8-29(23)43-30-7-3-19(33)13-26(30)34/h3-8,13-16,18,35-36,40-41H,9-12,17H2,1-2H3. The number of phenolic OH excluding ortho intramolecular Hbond substituents is 2. The SMILES string of the molecule is CN1CCN(Cc2cc3c(-c4cc(Nc5ccc(O)c(O)c5)ccc4Oc4ccc(F)cc4F)cn(C)c(=O)c3[nH]2)CC1. The summed E-state index contributed by atoms with van der Waals surface area (Å²) in [6, 6.07) is 14.6. The van der Waals surface area contributed by atoms with Crippen molar-refractivity contribution in [3.05, 3.63) is 94.5 Å². The minimum Gasteiger partial charge on any atom is -0.504 e. The van der Waals surface area contributed by atoms with Gasteiger partial charge in [-0.2, -0.15) is 0 Å². The van der Waals surface area contributed by atoms with Gasteiger partial charge in [0.15, 0.2) is 23.1 Å². The molecule has 0 spiro atoms. The maximum Gasteiger partial charge on any atom is 0.274 e. The van der Waals surface area contributed by atoms with Crippen LogP contribution in [0.3, 0.4) is 0 Å². The highest BCUT2D eigenvalue weighted by molar-refractivity contribution is 5.97. The van der Waals surface area contributed by atoms with Crippen LogP contribution in [0.1, 0.15) is 5.69 Å². The average molecular weight is 588 g/mol. The van der Waals surface area contributed by atoms with Crippen LogP contribution in [0.25, 0.3) is 22.0 Å². The summed E-state index contributed by atoms with van der Waals surface area (Å²) in [7, 11) is 3.76. The number of anilines is 2. The predicted molar refractivity (Wildman–Crippen MR) is 161 cm³/mol. The lowest BCUT2D eigenvalue weighted by Crippen LogP contribution is -2.43. The first-order chi connectivity index (χ1) is 20.6. The zero-order valence-electron chi connectivity index (χ0n) is 23.7. The van der Waals surface area contributed by atoms with Crippen molar-refractivity contribution in [1.82, 2.24) is 19.4 Å². The topological polar surface area (TPSA) is 106 Å². The van der Waals surface area contributed by atoms with E-state index in [4.69, 9.17) is 4.74 Å². The van der Waals surface area contributed by atoms with Crippen LogP contribution in [0.5, 0.6) is 23.0 Å². The van der Waals surface area contributed by atoms with Gasteiger partial charge < -0.3 is 34.7 Å². The fraction of sp³-hybridized carbons (Fsp3) is 0.219. The minimum absolute atomic E-state index is 0.155. The maximum absolute atomic E-state index is 14.6. The smallest absolute Gasteiger partial charge is 0.274 e. The van der Waals surface area contributed by atoms with Crippen LogP contribution in [0, 0.1) is 11.6 Å². The van der Waals surface area contributed by atoms with E-state index in [1.54, 1.807) is 37.5 Å². The van der Waals surface area contributed by atoms with Crippen LogP contribution in [0.4, 0.5) is 20.2 Å². The number of hydrogen-bond donors (Lipinski definition) is 4. The van der Waals surface area contributed by atoms with E-state index < -0.39 is 11.6 Å². The number of rotatable bonds is 7. The molecule has 1 aliphatic heterocycles. The molecule has 3 heterocycles. The normalized spacial score (nSPS) is 14.3. The number of pyridine rings is 1. The van der Waals surface area contributed by atoms with Gasteiger partial charge in [0.1, 0.15) is 17.1 Å². The van der Waals surface area contributed by atoms with Crippen molar-refractivity contribution in [2.75, 3.05) is 38.5 Å². The molecular weight excluding hydrogens is 556 g/mol. The summed E-state index contributed by atoms with van der Waals surface area (Å²) in [5.74, 6) is -1.97. The van der Waals surface area contributed by atoms with E-state index >= 15 is 0 Å². The van der Waals surface area contributed by atoms with E-state index in [9.17, 15) is 23.8 Å². The number of phenols is 2. The Morgan fingerprint density at radius 3 is 2.33 bits per heavy atom. The number of fused-ring (bicyclic) bond motifs is 1. The second kappa shape index (κ2) is 11.4. The van der Waals surface area contributed by atoms with E-state index in [1.807, 2.05) is 6.07 Å². The molecule has 222 valence electrons. The van der Waals surface area contributed by atoms with Crippen molar-refractivity contribution in [3.8, 4) is 34.1 Å². The quantitative estimate of drug-likeness (QED) is 0.147. The van der Waals surface area contributed by atoms with Crippen LogP contribution in [0.2, 0.25) is 0 Å². The van der Waals surface area contributed by atoms with Gasteiger partial charge in [-0.1, -0.05) is 0 Å². The third-order valence-electron chi connectivity index (χ3n) is 7.66. The van der Waals surface area contributed by atoms with Crippen molar-refractivity contribution in [2.24, 2.45) is 7.05 Å². The Morgan fingerprint density at radius 2 is 1.58 bits per heavy atom. The lowest BCUT2D eigenvalue weighted by molar-refractivity contribution is 0.147. The van der Waals surface area contributed by atoms with Crippen molar-refractivity contribution in [2.45, 2.75) is 6.54 Å². The lowest BCUT2D eigenvalue weighted by Gasteiger charge is -2.31. The highest BCUT2D eigenvalue weighted by atomic mass is 19.1. The van der Waals surface area contributed by atoms with E-state index in [0.717, 1.165) is 44.0 Å². The summed E-state index contributed by atoms with van der Waals surface area (Å²) in [6.45, 7) is 4.41. The number of halogens is 2. The number of aromatic nitrogens is 2. The number of piperazine rings is 1. The van der Waals surface area contributed by atoms with Gasteiger partial charge in [-0.3, -0.25) is 9.69 Å². The molecule has 1 fully saturated rings. The third kappa shape index (κ3) is 5.90. The van der Waals surface area contributed by atoms with Crippen molar-refractivity contribution >= 4 is 22.3 Å². The first kappa shape index (κ1) is 28.3. The van der Waals surface area contributed by atoms with Gasteiger partial charge in [-0.25, -0.2) is 8.78 Å². The molecule has 1 aliphatic rings. The molecular formula is C32H31F2N5O4. The Bertz CT molecular complexity index is 1880. The molecule has 2 aromatic heterocycles. The lowest BCUT2D eigenvalue weighted by atomic mass is 10.0. The van der Waals surface area contributed by atoms with E-state index in [2.05, 4.69) is 27.1 Å². The Kier molecular flexibility index (Phi) is 7.51. The van der Waals surface area contributed by atoms with Gasteiger partial charge in [-0.05, 0) is 55.6 Å². The Morgan fingerprint density at radius 1 is 0.860 bits per heavy atom. The average Bonchev–Trinajstić information content (AvgIpc) is 3.40. The van der Waals surface area contributed by atoms with Crippen LogP contribution in [-0.4, -0.2) is 62.8 Å². The number of nitrogens with one attached hydrogen (secondary N) is 2. The Hall–Kier alpha value is -4.87. The summed E-state index contributed by atoms with van der Waals surface area (Å²) in [5, 5.41) is 23.5. The molecule has 0 amide bonds. The second-order valence-corrected chi connectivity index (χ2v) is 10.8. The van der Waals surface area contributed by atoms with E-state index in [1.165, 1.54) is 22.8 Å². The van der Waals surface area contributed by atoms with E-state index in [-0.39, 0.29) is 28.6 Å². The molecule has 0 radical (unpaired) electrons. The largest absolute Gasteiger partial charge is 0.504 e. The van der Waals surface area contributed by atoms with Crippen LogP contribution in [-0.2, 0) is 13.6 Å². The third-order valence-corrected chi connectivity index (χ3v) is 7.66. The highest BCUT2D eigenvalue weighted by Crippen LogP contribution is 2.40. The van der Waals surface area contributed by atoms with Gasteiger partial charge in [-0.15, -0.1) is 0 Å². The van der Waals surface area contributed by atoms with Crippen molar-refractivity contribution in [3.63, 3.8) is 0 Å². The van der Waals surface area contributed by atoms with Crippen LogP contribution in [0.15, 0.2) is 71.7 Å². The summed E-state index contributed by atoms with van der Waals surface area (Å²) in [5.41, 5.74) is 3.46. The molecule has 0 unspecified atom stereocenters. The van der Waals surface area contributed by atoms with Gasteiger partial charge in [0.05, 0.1) is 0 Å². The molecule has 3 aromatic carbocycles. The number of H-pyrrole nitrogens is 1. The maximum atomic E-state index is 14.6. The first-order valence-electron chi connectivity index (χ1n) is 13.8. The minimum atomic E-state index is -0.852. The molecule has 43 heavy (non-hydrogen) atoms. The zero-order valence-corrected chi connectivity index (χ0v) is 23.7. The fourth-order valence-corrected chi connectivity index (χ4v) is 5.29. The molecule has 4 N–H and O–H groups in total. The summed E-state index contributed by atoms with van der Waals surface area (Å²) in [4.78, 5) is 21.2. The molecule has 9 nitrogen and oxygen atoms in total. The van der Waals surface area contributed by atoms with Crippen molar-refractivity contribution in [1.29, 1.82) is 0 Å². The van der Waals surface area contributed by atoms with E-state index in [0.29, 0.717) is 39.9 Å². The van der Waals surface area contributed by atoms with Gasteiger partial charge >= 0.3 is 0 Å². The Labute approximate surface area is 246 Å². The zero-order chi connectivity index (χ0) is 30.2. The number of benzene rings is 3. The number of ether oxygens (including phenoxy) is 1. The number of nitrogens with zero attached hydrogens (tertiary/aromatic N) is 3. The highest BCUT2D eigenvalue weighted by Gasteiger charge is 2.20. The predicted octanol–water partition coefficient (Wildman–Crippen LogP) is 5.51. The number of aromatic hydroxyl groups is 2. The number of aromatic amines is 1. The molecule has 0 bridgehead atoms. The molecule has 6 rings (SSSR count). The Balaban J connectivity index is 1.46. The number of hydrogen-bond acceptors (Lipinski definition) is 7. The summed E-state index contributed by atoms with van der Waals surface area (Å²) in [6.07, 6.45) is 1.71. The van der Waals surface area contributed by atoms with Crippen molar-refractivity contribution < 1.29 is 23.7 Å². The molecule has 0 saturated carbocycles. The molecule has 11 heteroatoms. The van der Waals surface area contributed by atoms with Gasteiger partial charge in [0.25, 0.3) is 5.56 Å². The first-order valence-corrected chi connectivity index (χ1v) is 13.8. The van der Waals surface area contributed by atoms with Crippen LogP contribution >= 0.6 is 0 Å². The monoisotopic (exact) mass is 587 g/mol. The number of likely N-dealkylation sites (N-methyl/N-ethyl adjacent to an activating group) is 1. The van der Waals surface area contributed by atoms with Gasteiger partial charge in [0, 0.05) is 91.7 Å². The fourth-order valence-electron chi connectivity index (χ4n) is 5.29. The molecule has 0 atom stereocenters.